The van der Waals surface area contributed by atoms with Crippen molar-refractivity contribution in [2.24, 2.45) is 0 Å². The minimum absolute atomic E-state index is 0.0174. The van der Waals surface area contributed by atoms with Gasteiger partial charge in [0.2, 0.25) is 0 Å². The van der Waals surface area contributed by atoms with Gasteiger partial charge in [-0.1, -0.05) is 197 Å². The molecule has 1 saturated carbocycles. The van der Waals surface area contributed by atoms with Crippen LogP contribution in [-0.2, 0) is 10.8 Å². The fourth-order valence-corrected chi connectivity index (χ4v) is 11.5. The average Bonchev–Trinajstić information content (AvgIpc) is 3.95. The van der Waals surface area contributed by atoms with Gasteiger partial charge in [-0.2, -0.15) is 0 Å². The third kappa shape index (κ3) is 6.93. The smallest absolute Gasteiger partial charge is 0.137 e. The van der Waals surface area contributed by atoms with Crippen molar-refractivity contribution in [2.45, 2.75) is 56.8 Å². The predicted octanol–water partition coefficient (Wildman–Crippen LogP) is 16.3. The highest BCUT2D eigenvalue weighted by molar-refractivity contribution is 6.09. The molecule has 8 aromatic carbocycles. The van der Waals surface area contributed by atoms with Crippen LogP contribution in [0, 0.1) is 0 Å². The molecule has 4 nitrogen and oxygen atoms in total. The van der Waals surface area contributed by atoms with Crippen molar-refractivity contribution in [1.29, 1.82) is 0 Å². The van der Waals surface area contributed by atoms with Crippen LogP contribution >= 0.6 is 0 Å². The summed E-state index contributed by atoms with van der Waals surface area (Å²) in [5.41, 5.74) is 16.9. The third-order valence-electron chi connectivity index (χ3n) is 15.1. The number of hydrogen-bond acceptors (Lipinski definition) is 3. The number of pyridine rings is 1. The Kier molecular flexibility index (Phi) is 10.1. The molecule has 0 spiro atoms. The molecule has 12 rings (SSSR count). The Morgan fingerprint density at radius 1 is 0.463 bits per heavy atom. The van der Waals surface area contributed by atoms with E-state index in [-0.39, 0.29) is 10.8 Å². The maximum absolute atomic E-state index is 5.15. The second-order valence-corrected chi connectivity index (χ2v) is 19.1. The molecule has 0 radical (unpaired) electrons. The monoisotopic (exact) mass is 866 g/mol. The molecule has 0 saturated heterocycles. The zero-order valence-electron chi connectivity index (χ0n) is 38.3. The summed E-state index contributed by atoms with van der Waals surface area (Å²) in [5, 5.41) is 2.49. The van der Waals surface area contributed by atoms with Gasteiger partial charge in [-0.05, 0) is 94.8 Å². The minimum Gasteiger partial charge on any atom is -0.321 e. The van der Waals surface area contributed by atoms with E-state index in [1.165, 1.54) is 108 Å². The molecule has 3 heterocycles. The number of hydrogen-bond donors (Lipinski definition) is 0. The lowest BCUT2D eigenvalue weighted by Gasteiger charge is -2.38. The van der Waals surface area contributed by atoms with Gasteiger partial charge in [0, 0.05) is 44.6 Å². The van der Waals surface area contributed by atoms with Crippen molar-refractivity contribution in [3.8, 4) is 28.1 Å². The van der Waals surface area contributed by atoms with E-state index < -0.39 is 0 Å². The van der Waals surface area contributed by atoms with E-state index in [0.29, 0.717) is 6.67 Å². The highest BCUT2D eigenvalue weighted by atomic mass is 15.4. The largest absolute Gasteiger partial charge is 0.321 e. The van der Waals surface area contributed by atoms with Crippen LogP contribution in [-0.4, -0.2) is 16.2 Å². The van der Waals surface area contributed by atoms with Crippen LogP contribution < -0.4 is 9.80 Å². The second-order valence-electron chi connectivity index (χ2n) is 19.1. The molecule has 2 aliphatic rings. The molecular formula is C63H54N4. The number of fused-ring (bicyclic) bond motifs is 4. The van der Waals surface area contributed by atoms with E-state index in [1.807, 2.05) is 6.20 Å². The topological polar surface area (TPSA) is 24.3 Å². The summed E-state index contributed by atoms with van der Waals surface area (Å²) in [6.45, 7) is 5.42. The van der Waals surface area contributed by atoms with Gasteiger partial charge in [-0.3, -0.25) is 4.57 Å². The lowest BCUT2D eigenvalue weighted by Crippen LogP contribution is -2.30. The van der Waals surface area contributed by atoms with Gasteiger partial charge >= 0.3 is 0 Å². The first-order valence-corrected chi connectivity index (χ1v) is 24.0. The molecule has 10 aromatic rings. The lowest BCUT2D eigenvalue weighted by molar-refractivity contribution is 0.345. The molecule has 2 aromatic heterocycles. The quantitative estimate of drug-likeness (QED) is 0.144. The van der Waals surface area contributed by atoms with Gasteiger partial charge < -0.3 is 9.80 Å². The SMILES string of the molecule is CC(C)(c1cccc(N2CN(c3c(-c4ccccc4)cccc3-c3ccccc3)c3ccccc32)c1)c1ccc2c3ccccc3n(-c3cc(C4(c5ccccc5)CCCCC4)ccn3)c2c1. The number of aromatic nitrogens is 2. The zero-order valence-corrected chi connectivity index (χ0v) is 38.3. The van der Waals surface area contributed by atoms with Gasteiger partial charge in [0.25, 0.3) is 0 Å². The zero-order chi connectivity index (χ0) is 45.0. The van der Waals surface area contributed by atoms with Crippen molar-refractivity contribution in [3.63, 3.8) is 0 Å². The van der Waals surface area contributed by atoms with Crippen molar-refractivity contribution < 1.29 is 0 Å². The fourth-order valence-electron chi connectivity index (χ4n) is 11.5. The van der Waals surface area contributed by atoms with Gasteiger partial charge in [0.05, 0.1) is 28.1 Å². The Hall–Kier alpha value is -7.69. The van der Waals surface area contributed by atoms with Crippen molar-refractivity contribution >= 4 is 44.6 Å². The third-order valence-corrected chi connectivity index (χ3v) is 15.1. The Balaban J connectivity index is 0.943. The Bertz CT molecular complexity index is 3340. The van der Waals surface area contributed by atoms with Crippen LogP contribution in [0.4, 0.5) is 22.7 Å². The van der Waals surface area contributed by atoms with E-state index >= 15 is 0 Å². The molecule has 0 bridgehead atoms. The van der Waals surface area contributed by atoms with Crippen molar-refractivity contribution in [3.05, 3.63) is 241 Å². The summed E-state index contributed by atoms with van der Waals surface area (Å²) in [6.07, 6.45) is 8.13. The maximum Gasteiger partial charge on any atom is 0.137 e. The molecule has 0 unspecified atom stereocenters. The van der Waals surface area contributed by atoms with Crippen LogP contribution in [0.2, 0.25) is 0 Å². The standard InChI is InChI=1S/C63H54N4/c1-62(2,49-35-36-55-54-29-13-14-32-56(54)67(59(55)42-49)60-43-50(37-40-64-60)63(38-17-6-18-39-63)47-25-11-5-12-26-47)48-27-19-28-51(41-48)65-44-66(58-34-16-15-33-57(58)65)61-52(45-21-7-3-8-22-45)30-20-31-53(61)46-23-9-4-10-24-46/h3-5,7-16,19-37,40-43H,6,17-18,38-39,44H2,1-2H3. The summed E-state index contributed by atoms with van der Waals surface area (Å²) in [6, 6.07) is 78.3. The van der Waals surface area contributed by atoms with E-state index in [9.17, 15) is 0 Å². The van der Waals surface area contributed by atoms with Gasteiger partial charge in [0.15, 0.2) is 0 Å². The summed E-state index contributed by atoms with van der Waals surface area (Å²) < 4.78 is 2.42. The molecule has 1 aliphatic heterocycles. The molecule has 67 heavy (non-hydrogen) atoms. The average molecular weight is 867 g/mol. The van der Waals surface area contributed by atoms with Crippen LogP contribution in [0.5, 0.6) is 0 Å². The van der Waals surface area contributed by atoms with Crippen molar-refractivity contribution in [2.75, 3.05) is 16.5 Å². The van der Waals surface area contributed by atoms with Crippen LogP contribution in [0.15, 0.2) is 219 Å². The Labute approximate surface area is 394 Å². The first kappa shape index (κ1) is 40.8. The number of nitrogens with zero attached hydrogens (tertiary/aromatic N) is 4. The Morgan fingerprint density at radius 2 is 1.06 bits per heavy atom. The molecule has 0 N–H and O–H groups in total. The van der Waals surface area contributed by atoms with E-state index in [2.05, 4.69) is 241 Å². The lowest BCUT2D eigenvalue weighted by atomic mass is 9.65. The first-order valence-electron chi connectivity index (χ1n) is 24.0. The van der Waals surface area contributed by atoms with E-state index in [4.69, 9.17) is 4.98 Å². The number of anilines is 4. The van der Waals surface area contributed by atoms with Gasteiger partial charge in [-0.25, -0.2) is 4.98 Å². The fraction of sp³-hybridized carbons (Fsp3) is 0.159. The van der Waals surface area contributed by atoms with Crippen LogP contribution in [0.3, 0.4) is 0 Å². The highest BCUT2D eigenvalue weighted by Crippen LogP contribution is 2.51. The summed E-state index contributed by atoms with van der Waals surface area (Å²) in [5.74, 6) is 0.975. The first-order chi connectivity index (χ1) is 33.0. The summed E-state index contributed by atoms with van der Waals surface area (Å²) in [7, 11) is 0. The van der Waals surface area contributed by atoms with Gasteiger partial charge in [-0.15, -0.1) is 0 Å². The number of benzene rings is 8. The van der Waals surface area contributed by atoms with Gasteiger partial charge in [0.1, 0.15) is 12.5 Å². The van der Waals surface area contributed by atoms with Crippen LogP contribution in [0.1, 0.15) is 68.2 Å². The highest BCUT2D eigenvalue weighted by Gasteiger charge is 2.37. The van der Waals surface area contributed by atoms with Crippen molar-refractivity contribution in [1.82, 2.24) is 9.55 Å². The summed E-state index contributed by atoms with van der Waals surface area (Å²) in [4.78, 5) is 10.2. The number of para-hydroxylation sites is 4. The molecular weight excluding hydrogens is 813 g/mol. The van der Waals surface area contributed by atoms with E-state index in [0.717, 1.165) is 18.7 Å². The molecule has 326 valence electrons. The molecule has 0 atom stereocenters. The Morgan fingerprint density at radius 3 is 1.78 bits per heavy atom. The molecule has 1 aliphatic carbocycles. The molecule has 0 amide bonds. The van der Waals surface area contributed by atoms with Crippen LogP contribution in [0.25, 0.3) is 49.9 Å². The maximum atomic E-state index is 5.15. The normalized spacial score (nSPS) is 14.7. The molecule has 4 heteroatoms. The second kappa shape index (κ2) is 16.6. The number of rotatable bonds is 9. The summed E-state index contributed by atoms with van der Waals surface area (Å²) >= 11 is 0. The van der Waals surface area contributed by atoms with E-state index in [1.54, 1.807) is 0 Å². The predicted molar refractivity (Wildman–Crippen MR) is 280 cm³/mol. The molecule has 1 fully saturated rings. The minimum atomic E-state index is -0.320.